The summed E-state index contributed by atoms with van der Waals surface area (Å²) in [4.78, 5) is 0. The molecule has 1 fully saturated rings. The maximum absolute atomic E-state index is 5.71. The van der Waals surface area contributed by atoms with E-state index in [0.717, 1.165) is 42.3 Å². The minimum absolute atomic E-state index is 0.332. The normalized spacial score (nSPS) is 24.2. The summed E-state index contributed by atoms with van der Waals surface area (Å²) in [6, 6.07) is 4.37. The first kappa shape index (κ1) is 15.1. The molecule has 0 aromatic carbocycles. The lowest BCUT2D eigenvalue weighted by Crippen LogP contribution is -2.34. The summed E-state index contributed by atoms with van der Waals surface area (Å²) in [6.07, 6.45) is 5.17. The smallest absolute Gasteiger partial charge is 0.169 e. The van der Waals surface area contributed by atoms with Crippen LogP contribution in [0.1, 0.15) is 51.3 Å². The predicted molar refractivity (Wildman–Crippen MR) is 80.2 cm³/mol. The zero-order chi connectivity index (χ0) is 13.7. The highest BCUT2D eigenvalue weighted by Crippen LogP contribution is 2.37. The predicted octanol–water partition coefficient (Wildman–Crippen LogP) is 4.29. The third-order valence-corrected chi connectivity index (χ3v) is 4.17. The average Bonchev–Trinajstić information content (AvgIpc) is 2.77. The van der Waals surface area contributed by atoms with Crippen molar-refractivity contribution >= 4 is 15.9 Å². The van der Waals surface area contributed by atoms with E-state index in [1.54, 1.807) is 0 Å². The second-order valence-corrected chi connectivity index (χ2v) is 6.08. The molecule has 0 aliphatic heterocycles. The first-order valence-corrected chi connectivity index (χ1v) is 8.12. The molecule has 1 aliphatic rings. The molecule has 1 aromatic rings. The first-order chi connectivity index (χ1) is 9.22. The van der Waals surface area contributed by atoms with E-state index in [-0.39, 0.29) is 0 Å². The molecule has 108 valence electrons. The Morgan fingerprint density at radius 3 is 2.79 bits per heavy atom. The molecule has 0 bridgehead atoms. The van der Waals surface area contributed by atoms with E-state index in [9.17, 15) is 0 Å². The van der Waals surface area contributed by atoms with Crippen LogP contribution < -0.4 is 5.32 Å². The average molecular weight is 330 g/mol. The van der Waals surface area contributed by atoms with Gasteiger partial charge in [0.1, 0.15) is 5.76 Å². The SMILES string of the molecule is CCCNC(CC1CC(OCC)C1)c1ccc(Br)o1. The minimum Gasteiger partial charge on any atom is -0.453 e. The van der Waals surface area contributed by atoms with Crippen LogP contribution in [0.5, 0.6) is 0 Å². The van der Waals surface area contributed by atoms with E-state index in [4.69, 9.17) is 9.15 Å². The molecule has 2 rings (SSSR count). The van der Waals surface area contributed by atoms with Gasteiger partial charge >= 0.3 is 0 Å². The van der Waals surface area contributed by atoms with Crippen molar-refractivity contribution in [1.82, 2.24) is 5.32 Å². The quantitative estimate of drug-likeness (QED) is 0.772. The van der Waals surface area contributed by atoms with Crippen molar-refractivity contribution in [3.8, 4) is 0 Å². The van der Waals surface area contributed by atoms with E-state index in [1.165, 1.54) is 12.8 Å². The van der Waals surface area contributed by atoms with Gasteiger partial charge < -0.3 is 14.5 Å². The van der Waals surface area contributed by atoms with Crippen LogP contribution in [0, 0.1) is 5.92 Å². The van der Waals surface area contributed by atoms with Crippen molar-refractivity contribution in [2.45, 2.75) is 51.7 Å². The van der Waals surface area contributed by atoms with Crippen LogP contribution >= 0.6 is 15.9 Å². The molecule has 0 spiro atoms. The molecule has 1 aromatic heterocycles. The lowest BCUT2D eigenvalue weighted by Gasteiger charge is -2.36. The van der Waals surface area contributed by atoms with Crippen LogP contribution in [0.15, 0.2) is 21.2 Å². The number of nitrogens with one attached hydrogen (secondary N) is 1. The third kappa shape index (κ3) is 4.33. The molecular weight excluding hydrogens is 306 g/mol. The van der Waals surface area contributed by atoms with Gasteiger partial charge in [0.15, 0.2) is 4.67 Å². The third-order valence-electron chi connectivity index (χ3n) is 3.74. The van der Waals surface area contributed by atoms with Crippen LogP contribution in [0.4, 0.5) is 0 Å². The summed E-state index contributed by atoms with van der Waals surface area (Å²) in [5, 5.41) is 3.59. The fourth-order valence-corrected chi connectivity index (χ4v) is 3.03. The molecule has 1 unspecified atom stereocenters. The Morgan fingerprint density at radius 1 is 1.42 bits per heavy atom. The van der Waals surface area contributed by atoms with Gasteiger partial charge in [0.05, 0.1) is 12.1 Å². The van der Waals surface area contributed by atoms with Crippen molar-refractivity contribution in [1.29, 1.82) is 0 Å². The van der Waals surface area contributed by atoms with Crippen LogP contribution in [-0.4, -0.2) is 19.3 Å². The Labute approximate surface area is 124 Å². The molecule has 1 atom stereocenters. The number of hydrogen-bond donors (Lipinski definition) is 1. The largest absolute Gasteiger partial charge is 0.453 e. The Bertz CT molecular complexity index is 374. The molecule has 3 nitrogen and oxygen atoms in total. The number of rotatable bonds is 8. The molecular formula is C15H24BrNO2. The molecule has 19 heavy (non-hydrogen) atoms. The fraction of sp³-hybridized carbons (Fsp3) is 0.733. The molecule has 1 heterocycles. The van der Waals surface area contributed by atoms with Gasteiger partial charge in [-0.25, -0.2) is 0 Å². The van der Waals surface area contributed by atoms with Gasteiger partial charge in [-0.05, 0) is 73.1 Å². The Balaban J connectivity index is 1.85. The molecule has 0 radical (unpaired) electrons. The molecule has 1 N–H and O–H groups in total. The van der Waals surface area contributed by atoms with Crippen LogP contribution in [0.25, 0.3) is 0 Å². The number of halogens is 1. The summed E-state index contributed by atoms with van der Waals surface area (Å²) in [7, 11) is 0. The summed E-state index contributed by atoms with van der Waals surface area (Å²) >= 11 is 3.38. The van der Waals surface area contributed by atoms with Crippen LogP contribution in [0.3, 0.4) is 0 Å². The summed E-state index contributed by atoms with van der Waals surface area (Å²) in [5.74, 6) is 1.80. The van der Waals surface area contributed by atoms with Crippen molar-refractivity contribution in [3.63, 3.8) is 0 Å². The van der Waals surface area contributed by atoms with Gasteiger partial charge in [0.25, 0.3) is 0 Å². The van der Waals surface area contributed by atoms with Crippen molar-refractivity contribution in [2.24, 2.45) is 5.92 Å². The summed E-state index contributed by atoms with van der Waals surface area (Å²) in [5.41, 5.74) is 0. The topological polar surface area (TPSA) is 34.4 Å². The van der Waals surface area contributed by atoms with Crippen molar-refractivity contribution < 1.29 is 9.15 Å². The first-order valence-electron chi connectivity index (χ1n) is 7.33. The van der Waals surface area contributed by atoms with E-state index < -0.39 is 0 Å². The van der Waals surface area contributed by atoms with E-state index >= 15 is 0 Å². The van der Waals surface area contributed by atoms with Gasteiger partial charge in [-0.3, -0.25) is 0 Å². The van der Waals surface area contributed by atoms with Crippen molar-refractivity contribution in [2.75, 3.05) is 13.2 Å². The maximum Gasteiger partial charge on any atom is 0.169 e. The van der Waals surface area contributed by atoms with Gasteiger partial charge in [-0.15, -0.1) is 0 Å². The summed E-state index contributed by atoms with van der Waals surface area (Å²) < 4.78 is 12.2. The van der Waals surface area contributed by atoms with Gasteiger partial charge in [-0.2, -0.15) is 0 Å². The number of furan rings is 1. The molecule has 1 saturated carbocycles. The molecule has 0 saturated heterocycles. The lowest BCUT2D eigenvalue weighted by molar-refractivity contribution is -0.0297. The van der Waals surface area contributed by atoms with Crippen LogP contribution in [0.2, 0.25) is 0 Å². The van der Waals surface area contributed by atoms with Crippen LogP contribution in [-0.2, 0) is 4.74 Å². The maximum atomic E-state index is 5.71. The van der Waals surface area contributed by atoms with E-state index in [2.05, 4.69) is 41.2 Å². The number of ether oxygens (including phenoxy) is 1. The highest BCUT2D eigenvalue weighted by molar-refractivity contribution is 9.10. The highest BCUT2D eigenvalue weighted by atomic mass is 79.9. The van der Waals surface area contributed by atoms with Gasteiger partial charge in [0.2, 0.25) is 0 Å². The molecule has 4 heteroatoms. The summed E-state index contributed by atoms with van der Waals surface area (Å²) in [6.45, 7) is 6.13. The second-order valence-electron chi connectivity index (χ2n) is 5.30. The standard InChI is InChI=1S/C15H24BrNO2/c1-3-7-17-13(14-5-6-15(16)19-14)10-11-8-12(9-11)18-4-2/h5-6,11-13,17H,3-4,7-10H2,1-2H3. The molecule has 1 aliphatic carbocycles. The number of hydrogen-bond acceptors (Lipinski definition) is 3. The Kier molecular flexibility index (Phi) is 5.92. The molecule has 0 amide bonds. The Hall–Kier alpha value is -0.320. The van der Waals surface area contributed by atoms with E-state index in [0.29, 0.717) is 12.1 Å². The second kappa shape index (κ2) is 7.46. The highest BCUT2D eigenvalue weighted by Gasteiger charge is 2.32. The lowest BCUT2D eigenvalue weighted by atomic mass is 9.78. The zero-order valence-electron chi connectivity index (χ0n) is 11.8. The monoisotopic (exact) mass is 329 g/mol. The Morgan fingerprint density at radius 2 is 2.21 bits per heavy atom. The minimum atomic E-state index is 0.332. The van der Waals surface area contributed by atoms with Gasteiger partial charge in [-0.1, -0.05) is 6.92 Å². The van der Waals surface area contributed by atoms with Gasteiger partial charge in [0, 0.05) is 6.61 Å². The zero-order valence-corrected chi connectivity index (χ0v) is 13.4. The fourth-order valence-electron chi connectivity index (χ4n) is 2.71. The van der Waals surface area contributed by atoms with Crippen molar-refractivity contribution in [3.05, 3.63) is 22.6 Å². The van der Waals surface area contributed by atoms with E-state index in [1.807, 2.05) is 6.07 Å².